The van der Waals surface area contributed by atoms with Crippen molar-refractivity contribution in [2.75, 3.05) is 18.8 Å². The van der Waals surface area contributed by atoms with Crippen LogP contribution in [0.2, 0.25) is 0 Å². The van der Waals surface area contributed by atoms with Crippen molar-refractivity contribution in [3.05, 3.63) is 23.9 Å². The number of pyridine rings is 1. The third kappa shape index (κ3) is 3.82. The van der Waals surface area contributed by atoms with E-state index in [9.17, 15) is 9.59 Å². The molecule has 7 heteroatoms. The molecule has 0 radical (unpaired) electrons. The van der Waals surface area contributed by atoms with Crippen LogP contribution in [-0.2, 0) is 0 Å². The lowest BCUT2D eigenvalue weighted by Crippen LogP contribution is -2.37. The van der Waals surface area contributed by atoms with Crippen LogP contribution >= 0.6 is 0 Å². The van der Waals surface area contributed by atoms with E-state index in [1.165, 1.54) is 0 Å². The fraction of sp³-hybridized carbons (Fsp3) is 0.222. The molecule has 0 saturated heterocycles. The number of rotatable bonds is 4. The van der Waals surface area contributed by atoms with Crippen molar-refractivity contribution < 1.29 is 9.59 Å². The fourth-order valence-electron chi connectivity index (χ4n) is 1.03. The molecule has 1 rings (SSSR count). The predicted octanol–water partition coefficient (Wildman–Crippen LogP) is -0.938. The largest absolute Gasteiger partial charge is 0.384 e. The second-order valence-corrected chi connectivity index (χ2v) is 2.99. The molecule has 0 spiro atoms. The topological polar surface area (TPSA) is 123 Å². The number of carbonyl (C=O) groups excluding carboxylic acids is 2. The second-order valence-electron chi connectivity index (χ2n) is 2.99. The lowest BCUT2D eigenvalue weighted by molar-refractivity contribution is 0.0949. The molecule has 1 heterocycles. The molecule has 7 nitrogen and oxygen atoms in total. The molecule has 0 fully saturated rings. The normalized spacial score (nSPS) is 9.50. The zero-order valence-electron chi connectivity index (χ0n) is 8.56. The van der Waals surface area contributed by atoms with Gasteiger partial charge in [0.05, 0.1) is 0 Å². The monoisotopic (exact) mass is 223 g/mol. The van der Waals surface area contributed by atoms with Crippen molar-refractivity contribution in [1.82, 2.24) is 15.6 Å². The first-order valence-electron chi connectivity index (χ1n) is 4.63. The number of nitrogens with zero attached hydrogens (tertiary/aromatic N) is 1. The molecule has 16 heavy (non-hydrogen) atoms. The van der Waals surface area contributed by atoms with Crippen LogP contribution in [0.4, 0.5) is 10.6 Å². The zero-order valence-corrected chi connectivity index (χ0v) is 8.56. The van der Waals surface area contributed by atoms with Crippen LogP contribution < -0.4 is 22.1 Å². The summed E-state index contributed by atoms with van der Waals surface area (Å²) in [6.07, 6.45) is 0. The smallest absolute Gasteiger partial charge is 0.312 e. The third-order valence-electron chi connectivity index (χ3n) is 1.71. The Hall–Kier alpha value is -2.31. The molecule has 0 atom stereocenters. The Morgan fingerprint density at radius 2 is 1.94 bits per heavy atom. The Balaban J connectivity index is 2.38. The van der Waals surface area contributed by atoms with Gasteiger partial charge in [-0.3, -0.25) is 4.79 Å². The first-order chi connectivity index (χ1) is 7.59. The maximum absolute atomic E-state index is 11.5. The fourth-order valence-corrected chi connectivity index (χ4v) is 1.03. The van der Waals surface area contributed by atoms with Gasteiger partial charge < -0.3 is 22.1 Å². The quantitative estimate of drug-likeness (QED) is 0.492. The molecule has 0 aromatic carbocycles. The Morgan fingerprint density at radius 3 is 2.56 bits per heavy atom. The summed E-state index contributed by atoms with van der Waals surface area (Å²) in [7, 11) is 0. The number of aromatic nitrogens is 1. The summed E-state index contributed by atoms with van der Waals surface area (Å²) in [5, 5.41) is 4.90. The van der Waals surface area contributed by atoms with Crippen molar-refractivity contribution in [1.29, 1.82) is 0 Å². The number of nitrogen functional groups attached to an aromatic ring is 1. The van der Waals surface area contributed by atoms with Gasteiger partial charge in [0.1, 0.15) is 11.5 Å². The summed E-state index contributed by atoms with van der Waals surface area (Å²) >= 11 is 0. The summed E-state index contributed by atoms with van der Waals surface area (Å²) in [6.45, 7) is 0.543. The molecule has 1 aromatic rings. The van der Waals surface area contributed by atoms with Gasteiger partial charge in [-0.2, -0.15) is 0 Å². The van der Waals surface area contributed by atoms with Gasteiger partial charge in [-0.15, -0.1) is 0 Å². The van der Waals surface area contributed by atoms with Crippen LogP contribution in [0.25, 0.3) is 0 Å². The van der Waals surface area contributed by atoms with E-state index in [-0.39, 0.29) is 30.5 Å². The minimum Gasteiger partial charge on any atom is -0.384 e. The number of primary amides is 1. The Bertz CT molecular complexity index is 393. The number of hydrogen-bond acceptors (Lipinski definition) is 4. The SMILES string of the molecule is NC(=O)NCCNC(=O)c1cccc(N)n1. The van der Waals surface area contributed by atoms with Crippen LogP contribution in [0.1, 0.15) is 10.5 Å². The molecule has 0 unspecified atom stereocenters. The molecular weight excluding hydrogens is 210 g/mol. The van der Waals surface area contributed by atoms with Crippen LogP contribution in [0.5, 0.6) is 0 Å². The highest BCUT2D eigenvalue weighted by Gasteiger charge is 2.05. The standard InChI is InChI=1S/C9H13N5O2/c10-7-3-1-2-6(14-7)8(15)12-4-5-13-9(11)16/h1-3H,4-5H2,(H2,10,14)(H,12,15)(H3,11,13,16). The van der Waals surface area contributed by atoms with E-state index in [2.05, 4.69) is 15.6 Å². The highest BCUT2D eigenvalue weighted by atomic mass is 16.2. The number of urea groups is 1. The Morgan fingerprint density at radius 1 is 1.25 bits per heavy atom. The third-order valence-corrected chi connectivity index (χ3v) is 1.71. The van der Waals surface area contributed by atoms with Gasteiger partial charge in [-0.05, 0) is 12.1 Å². The van der Waals surface area contributed by atoms with Gasteiger partial charge in [0.2, 0.25) is 0 Å². The number of nitrogens with one attached hydrogen (secondary N) is 2. The lowest BCUT2D eigenvalue weighted by atomic mass is 10.3. The van der Waals surface area contributed by atoms with Crippen LogP contribution in [0, 0.1) is 0 Å². The average Bonchev–Trinajstić information content (AvgIpc) is 2.24. The van der Waals surface area contributed by atoms with Gasteiger partial charge in [-0.1, -0.05) is 6.07 Å². The van der Waals surface area contributed by atoms with Crippen molar-refractivity contribution in [3.8, 4) is 0 Å². The summed E-state index contributed by atoms with van der Waals surface area (Å²) < 4.78 is 0. The van der Waals surface area contributed by atoms with Crippen molar-refractivity contribution >= 4 is 17.8 Å². The molecular formula is C9H13N5O2. The van der Waals surface area contributed by atoms with Crippen LogP contribution in [-0.4, -0.2) is 30.0 Å². The first-order valence-corrected chi connectivity index (χ1v) is 4.63. The van der Waals surface area contributed by atoms with E-state index >= 15 is 0 Å². The van der Waals surface area contributed by atoms with Crippen LogP contribution in [0.15, 0.2) is 18.2 Å². The summed E-state index contributed by atoms with van der Waals surface area (Å²) in [5.41, 5.74) is 10.5. The van der Waals surface area contributed by atoms with E-state index < -0.39 is 6.03 Å². The van der Waals surface area contributed by atoms with Crippen LogP contribution in [0.3, 0.4) is 0 Å². The maximum Gasteiger partial charge on any atom is 0.312 e. The van der Waals surface area contributed by atoms with Crippen molar-refractivity contribution in [2.45, 2.75) is 0 Å². The second kappa shape index (κ2) is 5.54. The van der Waals surface area contributed by atoms with Gasteiger partial charge in [0.15, 0.2) is 0 Å². The molecule has 86 valence electrons. The molecule has 6 N–H and O–H groups in total. The molecule has 0 bridgehead atoms. The number of carbonyl (C=O) groups is 2. The van der Waals surface area contributed by atoms with Gasteiger partial charge in [0.25, 0.3) is 5.91 Å². The van der Waals surface area contributed by atoms with Gasteiger partial charge in [-0.25, -0.2) is 9.78 Å². The number of anilines is 1. The average molecular weight is 223 g/mol. The Labute approximate surface area is 92.2 Å². The number of amides is 3. The first kappa shape index (κ1) is 11.8. The predicted molar refractivity (Wildman–Crippen MR) is 58.6 cm³/mol. The van der Waals surface area contributed by atoms with E-state index in [0.717, 1.165) is 0 Å². The molecule has 1 aromatic heterocycles. The zero-order chi connectivity index (χ0) is 12.0. The van der Waals surface area contributed by atoms with E-state index in [0.29, 0.717) is 0 Å². The minimum atomic E-state index is -0.628. The highest BCUT2D eigenvalue weighted by molar-refractivity contribution is 5.92. The Kier molecular flexibility index (Phi) is 4.07. The van der Waals surface area contributed by atoms with E-state index in [1.807, 2.05) is 0 Å². The van der Waals surface area contributed by atoms with Gasteiger partial charge >= 0.3 is 6.03 Å². The van der Waals surface area contributed by atoms with Crippen molar-refractivity contribution in [2.24, 2.45) is 5.73 Å². The molecule has 3 amide bonds. The maximum atomic E-state index is 11.5. The summed E-state index contributed by atoms with van der Waals surface area (Å²) in [4.78, 5) is 25.6. The summed E-state index contributed by atoms with van der Waals surface area (Å²) in [6, 6.07) is 4.15. The number of hydrogen-bond donors (Lipinski definition) is 4. The van der Waals surface area contributed by atoms with Crippen molar-refractivity contribution in [3.63, 3.8) is 0 Å². The highest BCUT2D eigenvalue weighted by Crippen LogP contribution is 1.99. The molecule has 0 aliphatic rings. The van der Waals surface area contributed by atoms with E-state index in [4.69, 9.17) is 11.5 Å². The summed E-state index contributed by atoms with van der Waals surface area (Å²) in [5.74, 6) is -0.0681. The minimum absolute atomic E-state index is 0.235. The lowest BCUT2D eigenvalue weighted by Gasteiger charge is -2.05. The molecule has 0 saturated carbocycles. The molecule has 0 aliphatic carbocycles. The number of nitrogens with two attached hydrogens (primary N) is 2. The van der Waals surface area contributed by atoms with Gasteiger partial charge in [0, 0.05) is 13.1 Å². The van der Waals surface area contributed by atoms with E-state index in [1.54, 1.807) is 18.2 Å². The molecule has 0 aliphatic heterocycles.